The van der Waals surface area contributed by atoms with Crippen molar-refractivity contribution in [1.82, 2.24) is 14.5 Å². The van der Waals surface area contributed by atoms with E-state index in [2.05, 4.69) is 5.32 Å². The van der Waals surface area contributed by atoms with Gasteiger partial charge in [-0.1, -0.05) is 12.1 Å². The maximum atomic E-state index is 12.8. The molecule has 3 atom stereocenters. The number of hydrogen-bond acceptors (Lipinski definition) is 6. The maximum absolute atomic E-state index is 12.8. The molecule has 12 heteroatoms. The Morgan fingerprint density at radius 1 is 1.23 bits per heavy atom. The van der Waals surface area contributed by atoms with Crippen LogP contribution in [0.2, 0.25) is 0 Å². The van der Waals surface area contributed by atoms with Crippen LogP contribution >= 0.6 is 0 Å². The molecule has 0 unspecified atom stereocenters. The van der Waals surface area contributed by atoms with E-state index in [9.17, 15) is 27.9 Å². The third kappa shape index (κ3) is 2.93. The van der Waals surface area contributed by atoms with E-state index in [0.29, 0.717) is 4.31 Å². The fourth-order valence-electron chi connectivity index (χ4n) is 3.31. The molecule has 1 aromatic carbocycles. The third-order valence-electron chi connectivity index (χ3n) is 4.41. The molecule has 0 spiro atoms. The predicted octanol–water partition coefficient (Wildman–Crippen LogP) is -0.685. The summed E-state index contributed by atoms with van der Waals surface area (Å²) < 4.78 is 31.8. The number of hydrogen-bond donors (Lipinski definition) is 4. The number of carboxylic acid groups (broad SMARTS) is 1. The van der Waals surface area contributed by atoms with Crippen LogP contribution in [0.15, 0.2) is 24.3 Å². The molecular formula is C14H15N3O8S. The summed E-state index contributed by atoms with van der Waals surface area (Å²) in [6, 6.07) is 2.00. The van der Waals surface area contributed by atoms with Crippen LogP contribution in [0.3, 0.4) is 0 Å². The Kier molecular flexibility index (Phi) is 4.24. The number of nitrogens with zero attached hydrogens (tertiary/aromatic N) is 2. The number of benzene rings is 1. The van der Waals surface area contributed by atoms with Crippen LogP contribution in [-0.4, -0.2) is 68.9 Å². The Bertz CT molecular complexity index is 869. The number of carbonyl (C=O) groups excluding carboxylic acids is 2. The highest BCUT2D eigenvalue weighted by Gasteiger charge is 2.60. The number of phenolic OH excluding ortho intramolecular Hbond substituents is 1. The standard InChI is InChI=1S/C14H15N3O8S/c18-8-3-1-7(2-4-8)10(15-14(21)22)12(19)16-6-5-9-11(16)13(20)17(9)26(23,24)25/h1-4,9-11,15,18H,5-6H2,(H,21,22)(H,23,24,25)/t9-,10-,11+/m1/s1. The molecule has 4 N–H and O–H groups in total. The van der Waals surface area contributed by atoms with Crippen LogP contribution in [0.5, 0.6) is 5.75 Å². The zero-order chi connectivity index (χ0) is 19.2. The van der Waals surface area contributed by atoms with Gasteiger partial charge in [-0.15, -0.1) is 0 Å². The van der Waals surface area contributed by atoms with Gasteiger partial charge in [0.1, 0.15) is 17.8 Å². The zero-order valence-electron chi connectivity index (χ0n) is 13.1. The quantitative estimate of drug-likeness (QED) is 0.391. The van der Waals surface area contributed by atoms with Crippen molar-refractivity contribution < 1.29 is 37.6 Å². The fourth-order valence-corrected chi connectivity index (χ4v) is 4.21. The van der Waals surface area contributed by atoms with Gasteiger partial charge in [-0.3, -0.25) is 14.1 Å². The van der Waals surface area contributed by atoms with Gasteiger partial charge in [0.05, 0.1) is 6.04 Å². The van der Waals surface area contributed by atoms with Crippen LogP contribution in [0.1, 0.15) is 18.0 Å². The lowest BCUT2D eigenvalue weighted by molar-refractivity contribution is -0.152. The van der Waals surface area contributed by atoms with E-state index < -0.39 is 46.3 Å². The van der Waals surface area contributed by atoms with Gasteiger partial charge in [-0.2, -0.15) is 8.42 Å². The van der Waals surface area contributed by atoms with Gasteiger partial charge in [0.2, 0.25) is 0 Å². The van der Waals surface area contributed by atoms with E-state index in [1.54, 1.807) is 0 Å². The van der Waals surface area contributed by atoms with E-state index in [-0.39, 0.29) is 24.3 Å². The molecule has 3 rings (SSSR count). The molecule has 2 fully saturated rings. The largest absolute Gasteiger partial charge is 0.508 e. The minimum atomic E-state index is -4.71. The molecule has 2 heterocycles. The van der Waals surface area contributed by atoms with Gasteiger partial charge in [-0.05, 0) is 24.1 Å². The highest BCUT2D eigenvalue weighted by Crippen LogP contribution is 2.37. The summed E-state index contributed by atoms with van der Waals surface area (Å²) >= 11 is 0. The molecule has 11 nitrogen and oxygen atoms in total. The van der Waals surface area contributed by atoms with Crippen molar-refractivity contribution in [1.29, 1.82) is 0 Å². The van der Waals surface area contributed by atoms with Crippen LogP contribution in [0.4, 0.5) is 4.79 Å². The fraction of sp³-hybridized carbons (Fsp3) is 0.357. The molecule has 0 aliphatic carbocycles. The number of β-lactam (4-membered cyclic amide) rings is 1. The second kappa shape index (κ2) is 6.14. The van der Waals surface area contributed by atoms with Crippen molar-refractivity contribution in [3.63, 3.8) is 0 Å². The van der Waals surface area contributed by atoms with Crippen molar-refractivity contribution in [2.75, 3.05) is 6.54 Å². The first-order valence-electron chi connectivity index (χ1n) is 7.51. The first kappa shape index (κ1) is 17.9. The maximum Gasteiger partial charge on any atom is 0.405 e. The van der Waals surface area contributed by atoms with E-state index in [4.69, 9.17) is 9.66 Å². The molecule has 0 bridgehead atoms. The number of nitrogens with one attached hydrogen (secondary N) is 1. The van der Waals surface area contributed by atoms with Crippen LogP contribution < -0.4 is 5.32 Å². The summed E-state index contributed by atoms with van der Waals surface area (Å²) in [5, 5.41) is 20.4. The number of likely N-dealkylation sites (tertiary alicyclic amines) is 1. The number of aromatic hydroxyl groups is 1. The Labute approximate surface area is 147 Å². The molecule has 2 aliphatic rings. The summed E-state index contributed by atoms with van der Waals surface area (Å²) in [6.45, 7) is 0.0296. The number of carbonyl (C=O) groups is 3. The van der Waals surface area contributed by atoms with E-state index >= 15 is 0 Å². The smallest absolute Gasteiger partial charge is 0.405 e. The van der Waals surface area contributed by atoms with Crippen molar-refractivity contribution in [3.05, 3.63) is 29.8 Å². The summed E-state index contributed by atoms with van der Waals surface area (Å²) in [7, 11) is -4.71. The zero-order valence-corrected chi connectivity index (χ0v) is 14.0. The second-order valence-electron chi connectivity index (χ2n) is 5.92. The molecule has 2 saturated heterocycles. The number of phenols is 1. The van der Waals surface area contributed by atoms with Crippen LogP contribution in [0.25, 0.3) is 0 Å². The minimum Gasteiger partial charge on any atom is -0.508 e. The molecule has 0 radical (unpaired) electrons. The lowest BCUT2D eigenvalue weighted by Gasteiger charge is -2.43. The number of rotatable bonds is 4. The van der Waals surface area contributed by atoms with Gasteiger partial charge < -0.3 is 20.4 Å². The minimum absolute atomic E-state index is 0.0296. The van der Waals surface area contributed by atoms with Crippen LogP contribution in [-0.2, 0) is 19.9 Å². The summed E-state index contributed by atoms with van der Waals surface area (Å²) in [4.78, 5) is 37.0. The molecule has 0 aromatic heterocycles. The lowest BCUT2D eigenvalue weighted by atomic mass is 9.99. The van der Waals surface area contributed by atoms with E-state index in [0.717, 1.165) is 4.90 Å². The molecule has 3 amide bonds. The first-order valence-corrected chi connectivity index (χ1v) is 8.90. The Balaban J connectivity index is 1.86. The summed E-state index contributed by atoms with van der Waals surface area (Å²) in [6.07, 6.45) is -1.33. The molecule has 2 aliphatic heterocycles. The third-order valence-corrected chi connectivity index (χ3v) is 5.36. The monoisotopic (exact) mass is 385 g/mol. The lowest BCUT2D eigenvalue weighted by Crippen LogP contribution is -2.68. The number of amides is 3. The summed E-state index contributed by atoms with van der Waals surface area (Å²) in [5.74, 6) is -1.74. The SMILES string of the molecule is O=C(O)N[C@@H](C(=O)N1CC[C@@H]2[C@H]1C(=O)N2S(=O)(=O)O)c1ccc(O)cc1. The van der Waals surface area contributed by atoms with Gasteiger partial charge in [0.25, 0.3) is 11.8 Å². The molecular weight excluding hydrogens is 370 g/mol. The average Bonchev–Trinajstić information content (AvgIpc) is 2.90. The average molecular weight is 385 g/mol. The highest BCUT2D eigenvalue weighted by molar-refractivity contribution is 7.84. The Morgan fingerprint density at radius 3 is 2.38 bits per heavy atom. The first-order chi connectivity index (χ1) is 12.1. The van der Waals surface area contributed by atoms with Gasteiger partial charge >= 0.3 is 16.4 Å². The number of fused-ring (bicyclic) bond motifs is 1. The summed E-state index contributed by atoms with van der Waals surface area (Å²) in [5.41, 5.74) is 0.247. The second-order valence-corrected chi connectivity index (χ2v) is 7.21. The van der Waals surface area contributed by atoms with Gasteiger partial charge in [0.15, 0.2) is 0 Å². The van der Waals surface area contributed by atoms with Crippen molar-refractivity contribution in [2.24, 2.45) is 0 Å². The van der Waals surface area contributed by atoms with Crippen molar-refractivity contribution in [3.8, 4) is 5.75 Å². The molecule has 140 valence electrons. The highest BCUT2D eigenvalue weighted by atomic mass is 32.2. The Hall–Kier alpha value is -2.86. The van der Waals surface area contributed by atoms with Crippen molar-refractivity contribution >= 4 is 28.2 Å². The van der Waals surface area contributed by atoms with Crippen molar-refractivity contribution in [2.45, 2.75) is 24.5 Å². The van der Waals surface area contributed by atoms with Crippen LogP contribution in [0, 0.1) is 0 Å². The van der Waals surface area contributed by atoms with Gasteiger partial charge in [0, 0.05) is 6.54 Å². The van der Waals surface area contributed by atoms with Gasteiger partial charge in [-0.25, -0.2) is 9.10 Å². The Morgan fingerprint density at radius 2 is 1.85 bits per heavy atom. The van der Waals surface area contributed by atoms with E-state index in [1.807, 2.05) is 0 Å². The molecule has 1 aromatic rings. The molecule has 26 heavy (non-hydrogen) atoms. The van der Waals surface area contributed by atoms with E-state index in [1.165, 1.54) is 24.3 Å². The predicted molar refractivity (Wildman–Crippen MR) is 84.3 cm³/mol. The normalized spacial score (nSPS) is 23.2. The molecule has 0 saturated carbocycles. The topological polar surface area (TPSA) is 165 Å².